The number of fused-ring (bicyclic) bond motifs is 2. The lowest BCUT2D eigenvalue weighted by molar-refractivity contribution is 0.602. The van der Waals surface area contributed by atoms with Gasteiger partial charge in [0.25, 0.3) is 0 Å². The lowest BCUT2D eigenvalue weighted by Gasteiger charge is -2.05. The highest BCUT2D eigenvalue weighted by atomic mass is 32.1. The van der Waals surface area contributed by atoms with Crippen LogP contribution in [0.25, 0.3) is 21.5 Å². The molecule has 0 atom stereocenters. The molecule has 32 heavy (non-hydrogen) atoms. The molecule has 162 valence electrons. The molecule has 0 aliphatic rings. The van der Waals surface area contributed by atoms with Crippen LogP contribution in [0.3, 0.4) is 0 Å². The number of halogens is 1. The summed E-state index contributed by atoms with van der Waals surface area (Å²) in [6.45, 7) is 1.81. The van der Waals surface area contributed by atoms with E-state index in [4.69, 9.17) is 0 Å². The number of pyridine rings is 2. The molecule has 0 aliphatic carbocycles. The second kappa shape index (κ2) is 9.28. The quantitative estimate of drug-likeness (QED) is 0.294. The van der Waals surface area contributed by atoms with Crippen molar-refractivity contribution in [1.82, 2.24) is 40.2 Å². The first-order valence-corrected chi connectivity index (χ1v) is 11.0. The second-order valence-corrected chi connectivity index (χ2v) is 8.14. The van der Waals surface area contributed by atoms with Gasteiger partial charge in [-0.05, 0) is 24.3 Å². The van der Waals surface area contributed by atoms with Gasteiger partial charge in [-0.1, -0.05) is 11.3 Å². The first kappa shape index (κ1) is 20.3. The van der Waals surface area contributed by atoms with E-state index in [2.05, 4.69) is 45.5 Å². The van der Waals surface area contributed by atoms with Crippen molar-refractivity contribution in [3.8, 4) is 0 Å². The van der Waals surface area contributed by atoms with E-state index >= 15 is 0 Å². The van der Waals surface area contributed by atoms with Gasteiger partial charge in [-0.3, -0.25) is 4.98 Å². The fourth-order valence-electron chi connectivity index (χ4n) is 3.29. The maximum Gasteiger partial charge on any atom is 0.177 e. The fraction of sp³-hybridized carbons (Fsp3) is 0.238. The number of aromatic amines is 1. The number of thiazole rings is 1. The Bertz CT molecular complexity index is 1320. The summed E-state index contributed by atoms with van der Waals surface area (Å²) in [6, 6.07) is 6.82. The summed E-state index contributed by atoms with van der Waals surface area (Å²) in [7, 11) is 0. The number of anilines is 1. The van der Waals surface area contributed by atoms with Crippen LogP contribution >= 0.6 is 11.3 Å². The maximum atomic E-state index is 13.8. The molecule has 0 amide bonds. The monoisotopic (exact) mass is 449 g/mol. The largest absolute Gasteiger partial charge is 0.362 e. The molecule has 0 aromatic carbocycles. The van der Waals surface area contributed by atoms with Gasteiger partial charge in [0.2, 0.25) is 0 Å². The number of hydrogen-bond donors (Lipinski definition) is 3. The van der Waals surface area contributed by atoms with Gasteiger partial charge in [-0.15, -0.1) is 0 Å². The van der Waals surface area contributed by atoms with E-state index in [-0.39, 0.29) is 12.4 Å². The van der Waals surface area contributed by atoms with Crippen LogP contribution in [-0.2, 0) is 19.4 Å². The van der Waals surface area contributed by atoms with Crippen molar-refractivity contribution in [3.05, 3.63) is 65.3 Å². The van der Waals surface area contributed by atoms with E-state index in [1.165, 1.54) is 23.7 Å². The molecule has 5 aromatic heterocycles. The third-order valence-electron chi connectivity index (χ3n) is 4.86. The van der Waals surface area contributed by atoms with Crippen LogP contribution < -0.4 is 10.6 Å². The Morgan fingerprint density at radius 1 is 0.969 bits per heavy atom. The van der Waals surface area contributed by atoms with Crippen molar-refractivity contribution in [3.63, 3.8) is 0 Å². The zero-order chi connectivity index (χ0) is 21.8. The summed E-state index contributed by atoms with van der Waals surface area (Å²) in [6.07, 6.45) is 6.36. The smallest absolute Gasteiger partial charge is 0.177 e. The van der Waals surface area contributed by atoms with Crippen LogP contribution in [0.5, 0.6) is 0 Å². The zero-order valence-corrected chi connectivity index (χ0v) is 17.9. The Morgan fingerprint density at radius 2 is 1.84 bits per heavy atom. The van der Waals surface area contributed by atoms with Crippen LogP contribution in [-0.4, -0.2) is 48.0 Å². The van der Waals surface area contributed by atoms with Crippen molar-refractivity contribution in [2.24, 2.45) is 0 Å². The van der Waals surface area contributed by atoms with Gasteiger partial charge in [0, 0.05) is 38.3 Å². The van der Waals surface area contributed by atoms with Gasteiger partial charge in [-0.25, -0.2) is 29.3 Å². The number of nitrogens with zero attached hydrogens (tertiary/aromatic N) is 6. The zero-order valence-electron chi connectivity index (χ0n) is 17.0. The molecule has 3 N–H and O–H groups in total. The molecule has 9 nitrogen and oxygen atoms in total. The van der Waals surface area contributed by atoms with E-state index in [0.717, 1.165) is 52.8 Å². The van der Waals surface area contributed by atoms with E-state index in [0.29, 0.717) is 17.0 Å². The van der Waals surface area contributed by atoms with Crippen LogP contribution in [0, 0.1) is 5.82 Å². The first-order valence-electron chi connectivity index (χ1n) is 10.2. The Morgan fingerprint density at radius 3 is 2.75 bits per heavy atom. The van der Waals surface area contributed by atoms with Gasteiger partial charge < -0.3 is 15.6 Å². The van der Waals surface area contributed by atoms with E-state index in [1.54, 1.807) is 18.5 Å². The highest BCUT2D eigenvalue weighted by molar-refractivity contribution is 7.18. The SMILES string of the molecule is Fc1cccnc1CNc1ncnc2sc(CCNCCc3nc4ncccc4[nH]3)nc12. The number of aromatic nitrogens is 7. The second-order valence-electron chi connectivity index (χ2n) is 7.08. The molecule has 0 unspecified atom stereocenters. The molecule has 0 spiro atoms. The number of H-pyrrole nitrogens is 1. The summed E-state index contributed by atoms with van der Waals surface area (Å²) in [5.74, 6) is 1.14. The summed E-state index contributed by atoms with van der Waals surface area (Å²) < 4.78 is 13.8. The Balaban J connectivity index is 1.15. The average Bonchev–Trinajstić information content (AvgIpc) is 3.42. The standard InChI is InChI=1S/C21H20FN9S/c22-13-3-1-7-24-15(13)11-26-20-18-21(28-12-27-20)32-17(31-18)6-10-23-9-5-16-29-14-4-2-8-25-19(14)30-16/h1-4,7-8,12,23H,5-6,9-11H2,(H,25,29,30)(H,26,27,28). The predicted molar refractivity (Wildman–Crippen MR) is 121 cm³/mol. The number of rotatable bonds is 9. The lowest BCUT2D eigenvalue weighted by Crippen LogP contribution is -2.20. The van der Waals surface area contributed by atoms with Gasteiger partial charge in [0.05, 0.1) is 22.8 Å². The van der Waals surface area contributed by atoms with Crippen molar-refractivity contribution < 1.29 is 4.39 Å². The molecule has 5 rings (SSSR count). The Kier molecular flexibility index (Phi) is 5.90. The van der Waals surface area contributed by atoms with Crippen molar-refractivity contribution in [2.75, 3.05) is 18.4 Å². The average molecular weight is 450 g/mol. The van der Waals surface area contributed by atoms with Crippen molar-refractivity contribution >= 4 is 38.7 Å². The van der Waals surface area contributed by atoms with Gasteiger partial charge in [0.15, 0.2) is 11.5 Å². The van der Waals surface area contributed by atoms with E-state index in [9.17, 15) is 4.39 Å². The van der Waals surface area contributed by atoms with Crippen LogP contribution in [0.15, 0.2) is 43.0 Å². The molecule has 0 saturated carbocycles. The molecular formula is C21H20FN9S. The number of imidazole rings is 1. The first-order chi connectivity index (χ1) is 15.8. The maximum absolute atomic E-state index is 13.8. The molecule has 0 radical (unpaired) electrons. The van der Waals surface area contributed by atoms with Crippen molar-refractivity contribution in [1.29, 1.82) is 0 Å². The highest BCUT2D eigenvalue weighted by Crippen LogP contribution is 2.25. The Labute approximate surface area is 186 Å². The molecule has 0 fully saturated rings. The van der Waals surface area contributed by atoms with Gasteiger partial charge in [-0.2, -0.15) is 0 Å². The molecule has 0 saturated heterocycles. The van der Waals surface area contributed by atoms with Crippen LogP contribution in [0.2, 0.25) is 0 Å². The minimum absolute atomic E-state index is 0.227. The summed E-state index contributed by atoms with van der Waals surface area (Å²) in [4.78, 5) is 30.1. The minimum atomic E-state index is -0.353. The Hall–Kier alpha value is -3.57. The molecular weight excluding hydrogens is 429 g/mol. The molecule has 11 heteroatoms. The summed E-state index contributed by atoms with van der Waals surface area (Å²) in [5.41, 5.74) is 2.72. The number of nitrogens with one attached hydrogen (secondary N) is 3. The molecule has 0 bridgehead atoms. The number of hydrogen-bond acceptors (Lipinski definition) is 9. The van der Waals surface area contributed by atoms with Gasteiger partial charge in [0.1, 0.15) is 28.3 Å². The molecule has 5 heterocycles. The van der Waals surface area contributed by atoms with E-state index in [1.807, 2.05) is 12.1 Å². The topological polar surface area (TPSA) is 117 Å². The van der Waals surface area contributed by atoms with Crippen LogP contribution in [0.1, 0.15) is 16.5 Å². The normalized spacial score (nSPS) is 11.4. The predicted octanol–water partition coefficient (Wildman–Crippen LogP) is 2.88. The summed E-state index contributed by atoms with van der Waals surface area (Å²) >= 11 is 1.53. The minimum Gasteiger partial charge on any atom is -0.362 e. The van der Waals surface area contributed by atoms with Crippen LogP contribution in [0.4, 0.5) is 10.2 Å². The fourth-order valence-corrected chi connectivity index (χ4v) is 4.19. The van der Waals surface area contributed by atoms with Crippen molar-refractivity contribution in [2.45, 2.75) is 19.4 Å². The highest BCUT2D eigenvalue weighted by Gasteiger charge is 2.12. The lowest BCUT2D eigenvalue weighted by atomic mass is 10.3. The third-order valence-corrected chi connectivity index (χ3v) is 5.88. The third kappa shape index (κ3) is 4.53. The van der Waals surface area contributed by atoms with E-state index < -0.39 is 0 Å². The molecule has 5 aromatic rings. The molecule has 0 aliphatic heterocycles. The van der Waals surface area contributed by atoms with Gasteiger partial charge >= 0.3 is 0 Å². The summed E-state index contributed by atoms with van der Waals surface area (Å²) in [5, 5.41) is 7.51.